The number of carbonyl (C=O) groups excluding carboxylic acids is 1. The summed E-state index contributed by atoms with van der Waals surface area (Å²) in [5.74, 6) is -0.155. The fourth-order valence-corrected chi connectivity index (χ4v) is 2.69. The van der Waals surface area contributed by atoms with E-state index in [1.54, 1.807) is 9.13 Å². The van der Waals surface area contributed by atoms with Crippen LogP contribution in [0.4, 0.5) is 5.69 Å². The molecule has 0 unspecified atom stereocenters. The van der Waals surface area contributed by atoms with Gasteiger partial charge in [-0.25, -0.2) is 0 Å². The number of hydrogen-bond donors (Lipinski definition) is 2. The average Bonchev–Trinajstić information content (AvgIpc) is 2.75. The Morgan fingerprint density at radius 3 is 2.45 bits per heavy atom. The van der Waals surface area contributed by atoms with Gasteiger partial charge < -0.3 is 14.5 Å². The van der Waals surface area contributed by atoms with Crippen LogP contribution in [-0.4, -0.2) is 15.0 Å². The van der Waals surface area contributed by atoms with E-state index in [4.69, 9.17) is 5.41 Å². The second-order valence-electron chi connectivity index (χ2n) is 5.01. The number of aryl methyl sites for hydroxylation is 1. The molecule has 5 nitrogen and oxygen atoms in total. The van der Waals surface area contributed by atoms with E-state index in [0.29, 0.717) is 5.62 Å². The Kier molecular flexibility index (Phi) is 3.85. The number of para-hydroxylation sites is 2. The Morgan fingerprint density at radius 2 is 1.77 bits per heavy atom. The second-order valence-corrected chi connectivity index (χ2v) is 5.93. The van der Waals surface area contributed by atoms with Crippen LogP contribution in [0.2, 0.25) is 0 Å². The number of hydrogen-bond acceptors (Lipinski definition) is 2. The van der Waals surface area contributed by atoms with Gasteiger partial charge in [-0.2, -0.15) is 0 Å². The molecular formula is C16H15BrN4O. The Bertz CT molecular complexity index is 893. The number of amides is 1. The minimum absolute atomic E-state index is 0.107. The summed E-state index contributed by atoms with van der Waals surface area (Å²) in [6.45, 7) is 0.107. The van der Waals surface area contributed by atoms with Gasteiger partial charge >= 0.3 is 0 Å². The quantitative estimate of drug-likeness (QED) is 0.742. The van der Waals surface area contributed by atoms with E-state index in [-0.39, 0.29) is 12.5 Å². The van der Waals surface area contributed by atoms with Gasteiger partial charge in [-0.1, -0.05) is 28.1 Å². The molecule has 0 fully saturated rings. The highest BCUT2D eigenvalue weighted by Crippen LogP contribution is 2.15. The third kappa shape index (κ3) is 2.69. The van der Waals surface area contributed by atoms with Crippen molar-refractivity contribution in [2.24, 2.45) is 7.05 Å². The molecule has 0 atom stereocenters. The van der Waals surface area contributed by atoms with Crippen LogP contribution in [0.1, 0.15) is 0 Å². The van der Waals surface area contributed by atoms with E-state index in [0.717, 1.165) is 21.2 Å². The molecular weight excluding hydrogens is 344 g/mol. The molecule has 6 heteroatoms. The van der Waals surface area contributed by atoms with Gasteiger partial charge in [0.2, 0.25) is 11.5 Å². The van der Waals surface area contributed by atoms with Crippen LogP contribution in [0, 0.1) is 5.41 Å². The smallest absolute Gasteiger partial charge is 0.244 e. The third-order valence-corrected chi connectivity index (χ3v) is 4.07. The zero-order chi connectivity index (χ0) is 15.7. The third-order valence-electron chi connectivity index (χ3n) is 3.54. The number of fused-ring (bicyclic) bond motifs is 1. The summed E-state index contributed by atoms with van der Waals surface area (Å²) in [4.78, 5) is 12.2. The van der Waals surface area contributed by atoms with Gasteiger partial charge in [-0.05, 0) is 36.4 Å². The maximum Gasteiger partial charge on any atom is 0.244 e. The number of aromatic nitrogens is 2. The first-order valence-corrected chi connectivity index (χ1v) is 7.60. The molecule has 0 saturated carbocycles. The molecule has 0 aliphatic carbocycles. The van der Waals surface area contributed by atoms with Gasteiger partial charge in [0.25, 0.3) is 0 Å². The number of anilines is 1. The summed E-state index contributed by atoms with van der Waals surface area (Å²) < 4.78 is 4.42. The molecule has 0 radical (unpaired) electrons. The van der Waals surface area contributed by atoms with Crippen molar-refractivity contribution in [3.05, 3.63) is 58.6 Å². The van der Waals surface area contributed by atoms with Crippen molar-refractivity contribution in [1.29, 1.82) is 5.41 Å². The van der Waals surface area contributed by atoms with Gasteiger partial charge in [-0.3, -0.25) is 10.2 Å². The highest BCUT2D eigenvalue weighted by molar-refractivity contribution is 9.10. The molecule has 2 N–H and O–H groups in total. The Hall–Kier alpha value is -2.34. The minimum atomic E-state index is -0.155. The fourth-order valence-electron chi connectivity index (χ4n) is 2.42. The van der Waals surface area contributed by atoms with E-state index in [1.807, 2.05) is 55.6 Å². The molecule has 0 aliphatic heterocycles. The van der Waals surface area contributed by atoms with Gasteiger partial charge in [0, 0.05) is 17.2 Å². The SMILES string of the molecule is Cn1c(=N)n(CC(=O)Nc2ccc(Br)cc2)c2ccccc21. The van der Waals surface area contributed by atoms with Crippen LogP contribution in [0.5, 0.6) is 0 Å². The van der Waals surface area contributed by atoms with Crippen LogP contribution in [-0.2, 0) is 18.4 Å². The van der Waals surface area contributed by atoms with Crippen molar-refractivity contribution < 1.29 is 4.79 Å². The van der Waals surface area contributed by atoms with E-state index in [1.165, 1.54) is 0 Å². The Balaban J connectivity index is 1.87. The molecule has 0 saturated heterocycles. The molecule has 0 bridgehead atoms. The fraction of sp³-hybridized carbons (Fsp3) is 0.125. The molecule has 1 heterocycles. The number of rotatable bonds is 3. The van der Waals surface area contributed by atoms with E-state index < -0.39 is 0 Å². The predicted octanol–water partition coefficient (Wildman–Crippen LogP) is 2.86. The normalized spacial score (nSPS) is 10.8. The number of imidazole rings is 1. The first-order chi connectivity index (χ1) is 10.6. The van der Waals surface area contributed by atoms with Crippen molar-refractivity contribution in [2.45, 2.75) is 6.54 Å². The lowest BCUT2D eigenvalue weighted by molar-refractivity contribution is -0.116. The molecule has 112 valence electrons. The van der Waals surface area contributed by atoms with Crippen molar-refractivity contribution in [3.63, 3.8) is 0 Å². The summed E-state index contributed by atoms with van der Waals surface area (Å²) in [7, 11) is 1.83. The predicted molar refractivity (Wildman–Crippen MR) is 89.5 cm³/mol. The molecule has 0 spiro atoms. The summed E-state index contributed by atoms with van der Waals surface area (Å²) in [6, 6.07) is 15.1. The molecule has 0 aliphatic rings. The summed E-state index contributed by atoms with van der Waals surface area (Å²) >= 11 is 3.36. The van der Waals surface area contributed by atoms with Gasteiger partial charge in [0.1, 0.15) is 6.54 Å². The lowest BCUT2D eigenvalue weighted by Gasteiger charge is -2.07. The van der Waals surface area contributed by atoms with Crippen molar-refractivity contribution in [2.75, 3.05) is 5.32 Å². The highest BCUT2D eigenvalue weighted by Gasteiger charge is 2.11. The summed E-state index contributed by atoms with van der Waals surface area (Å²) in [6.07, 6.45) is 0. The highest BCUT2D eigenvalue weighted by atomic mass is 79.9. The minimum Gasteiger partial charge on any atom is -0.325 e. The van der Waals surface area contributed by atoms with Gasteiger partial charge in [0.15, 0.2) is 0 Å². The first kappa shape index (κ1) is 14.6. The van der Waals surface area contributed by atoms with E-state index in [2.05, 4.69) is 21.2 Å². The van der Waals surface area contributed by atoms with E-state index in [9.17, 15) is 4.79 Å². The van der Waals surface area contributed by atoms with Crippen molar-refractivity contribution in [1.82, 2.24) is 9.13 Å². The molecule has 1 aromatic heterocycles. The van der Waals surface area contributed by atoms with E-state index >= 15 is 0 Å². The maximum absolute atomic E-state index is 12.2. The zero-order valence-electron chi connectivity index (χ0n) is 12.0. The van der Waals surface area contributed by atoms with Crippen LogP contribution in [0.25, 0.3) is 11.0 Å². The molecule has 3 aromatic rings. The average molecular weight is 359 g/mol. The number of nitrogens with one attached hydrogen (secondary N) is 2. The summed E-state index contributed by atoms with van der Waals surface area (Å²) in [5.41, 5.74) is 2.85. The summed E-state index contributed by atoms with van der Waals surface area (Å²) in [5, 5.41) is 11.0. The van der Waals surface area contributed by atoms with Crippen LogP contribution >= 0.6 is 15.9 Å². The Labute approximate surface area is 135 Å². The van der Waals surface area contributed by atoms with Gasteiger partial charge in [0.05, 0.1) is 11.0 Å². The zero-order valence-corrected chi connectivity index (χ0v) is 13.6. The molecule has 1 amide bonds. The number of carbonyl (C=O) groups is 1. The lowest BCUT2D eigenvalue weighted by Crippen LogP contribution is -2.28. The molecule has 3 rings (SSSR count). The standard InChI is InChI=1S/C16H15BrN4O/c1-20-13-4-2-3-5-14(13)21(16(20)18)10-15(22)19-12-8-6-11(17)7-9-12/h2-9,18H,10H2,1H3,(H,19,22). The monoisotopic (exact) mass is 358 g/mol. The first-order valence-electron chi connectivity index (χ1n) is 6.80. The number of halogens is 1. The largest absolute Gasteiger partial charge is 0.325 e. The van der Waals surface area contributed by atoms with Crippen LogP contribution in [0.3, 0.4) is 0 Å². The Morgan fingerprint density at radius 1 is 1.14 bits per heavy atom. The van der Waals surface area contributed by atoms with Crippen molar-refractivity contribution in [3.8, 4) is 0 Å². The van der Waals surface area contributed by atoms with Crippen molar-refractivity contribution >= 4 is 38.6 Å². The number of nitrogens with zero attached hydrogens (tertiary/aromatic N) is 2. The van der Waals surface area contributed by atoms with Gasteiger partial charge in [-0.15, -0.1) is 0 Å². The topological polar surface area (TPSA) is 62.8 Å². The van der Waals surface area contributed by atoms with Crippen LogP contribution < -0.4 is 10.9 Å². The maximum atomic E-state index is 12.2. The number of benzene rings is 2. The molecule has 22 heavy (non-hydrogen) atoms. The molecule has 2 aromatic carbocycles. The second kappa shape index (κ2) is 5.81. The van der Waals surface area contributed by atoms with Crippen LogP contribution in [0.15, 0.2) is 53.0 Å². The lowest BCUT2D eigenvalue weighted by atomic mass is 10.3.